The van der Waals surface area contributed by atoms with Gasteiger partial charge in [0.15, 0.2) is 0 Å². The Morgan fingerprint density at radius 2 is 1.81 bits per heavy atom. The summed E-state index contributed by atoms with van der Waals surface area (Å²) in [7, 11) is 0. The minimum Gasteiger partial charge on any atom is -0.456 e. The number of benzene rings is 3. The largest absolute Gasteiger partial charge is 0.456 e. The number of hydrogen-bond acceptors (Lipinski definition) is 6. The van der Waals surface area contributed by atoms with Crippen LogP contribution in [0.1, 0.15) is 40.1 Å². The number of halogens is 4. The van der Waals surface area contributed by atoms with Gasteiger partial charge in [-0.1, -0.05) is 23.7 Å². The first kappa shape index (κ1) is 26.3. The number of hydrogen-bond donors (Lipinski definition) is 0. The van der Waals surface area contributed by atoms with Crippen LogP contribution in [-0.2, 0) is 6.18 Å². The molecule has 4 rings (SSSR count). The van der Waals surface area contributed by atoms with E-state index in [1.807, 2.05) is 0 Å². The molecule has 0 bridgehead atoms. The van der Waals surface area contributed by atoms with Crippen LogP contribution >= 0.6 is 23.7 Å². The van der Waals surface area contributed by atoms with E-state index in [0.717, 1.165) is 36.4 Å². The maximum Gasteiger partial charge on any atom is 0.416 e. The molecule has 0 radical (unpaired) electrons. The van der Waals surface area contributed by atoms with Gasteiger partial charge in [-0.3, -0.25) is 24.0 Å². The Bertz CT molecular complexity index is 1420. The SMILES string of the molecule is CC(C)N1SN(C(=O)c2cc(Oc3ccc(C(F)(F)F)cc3Cl)ccc2[N+](=O)[O-])c2ccccc2C1=O. The van der Waals surface area contributed by atoms with Crippen LogP contribution in [0.15, 0.2) is 60.7 Å². The van der Waals surface area contributed by atoms with Crippen LogP contribution in [0.4, 0.5) is 24.5 Å². The zero-order chi connectivity index (χ0) is 27.1. The highest BCUT2D eigenvalue weighted by Gasteiger charge is 2.38. The van der Waals surface area contributed by atoms with E-state index in [2.05, 4.69) is 0 Å². The molecule has 0 N–H and O–H groups in total. The third kappa shape index (κ3) is 5.20. The molecule has 8 nitrogen and oxygen atoms in total. The lowest BCUT2D eigenvalue weighted by Crippen LogP contribution is -2.42. The molecular weight excluding hydrogens is 535 g/mol. The summed E-state index contributed by atoms with van der Waals surface area (Å²) in [6, 6.07) is 11.9. The molecule has 0 aromatic heterocycles. The number of carbonyl (C=O) groups excluding carboxylic acids is 2. The van der Waals surface area contributed by atoms with Crippen molar-refractivity contribution in [3.8, 4) is 11.5 Å². The summed E-state index contributed by atoms with van der Waals surface area (Å²) in [4.78, 5) is 37.5. The van der Waals surface area contributed by atoms with Crippen LogP contribution in [0, 0.1) is 10.1 Å². The first-order chi connectivity index (χ1) is 17.4. The Morgan fingerprint density at radius 1 is 1.11 bits per heavy atom. The lowest BCUT2D eigenvalue weighted by atomic mass is 10.1. The lowest BCUT2D eigenvalue weighted by Gasteiger charge is -2.36. The first-order valence-corrected chi connectivity index (χ1v) is 11.8. The van der Waals surface area contributed by atoms with Crippen molar-refractivity contribution in [1.82, 2.24) is 4.31 Å². The number of alkyl halides is 3. The number of nitrogens with zero attached hydrogens (tertiary/aromatic N) is 3. The van der Waals surface area contributed by atoms with Crippen LogP contribution in [0.2, 0.25) is 5.02 Å². The number of anilines is 1. The Morgan fingerprint density at radius 3 is 2.43 bits per heavy atom. The fourth-order valence-electron chi connectivity index (χ4n) is 3.50. The number of carbonyl (C=O) groups is 2. The van der Waals surface area contributed by atoms with Crippen LogP contribution in [0.3, 0.4) is 0 Å². The Kier molecular flexibility index (Phi) is 7.07. The smallest absolute Gasteiger partial charge is 0.416 e. The number of nitro groups is 1. The predicted molar refractivity (Wildman–Crippen MR) is 132 cm³/mol. The maximum absolute atomic E-state index is 13.6. The quantitative estimate of drug-likeness (QED) is 0.190. The van der Waals surface area contributed by atoms with Crippen molar-refractivity contribution in [2.24, 2.45) is 0 Å². The highest BCUT2D eigenvalue weighted by atomic mass is 35.5. The summed E-state index contributed by atoms with van der Waals surface area (Å²) in [6.45, 7) is 3.51. The molecule has 0 fully saturated rings. The molecule has 3 aromatic rings. The summed E-state index contributed by atoms with van der Waals surface area (Å²) < 4.78 is 46.9. The van der Waals surface area contributed by atoms with Crippen LogP contribution in [0.5, 0.6) is 11.5 Å². The molecule has 37 heavy (non-hydrogen) atoms. The first-order valence-electron chi connectivity index (χ1n) is 10.7. The van der Waals surface area contributed by atoms with Gasteiger partial charge in [0.1, 0.15) is 17.1 Å². The molecule has 3 aromatic carbocycles. The van der Waals surface area contributed by atoms with Gasteiger partial charge in [0.05, 0.1) is 38.9 Å². The summed E-state index contributed by atoms with van der Waals surface area (Å²) in [5, 5.41) is 11.4. The van der Waals surface area contributed by atoms with Gasteiger partial charge in [0.2, 0.25) is 0 Å². The monoisotopic (exact) mass is 551 g/mol. The number of amides is 2. The molecule has 13 heteroatoms. The number of rotatable bonds is 5. The molecule has 1 heterocycles. The standard InChI is InChI=1S/C24H17ClF3N3O5S/c1-13(2)29-22(32)16-5-3-4-6-19(16)30(37-29)23(33)17-12-15(8-9-20(17)31(34)35)36-21-10-7-14(11-18(21)25)24(26,27)28/h3-13H,1-2H3. The van der Waals surface area contributed by atoms with Crippen molar-refractivity contribution in [2.75, 3.05) is 4.31 Å². The average Bonchev–Trinajstić information content (AvgIpc) is 2.84. The van der Waals surface area contributed by atoms with E-state index in [9.17, 15) is 32.9 Å². The van der Waals surface area contributed by atoms with Crippen molar-refractivity contribution < 1.29 is 32.4 Å². The van der Waals surface area contributed by atoms with Crippen molar-refractivity contribution in [3.63, 3.8) is 0 Å². The molecule has 0 saturated heterocycles. The predicted octanol–water partition coefficient (Wildman–Crippen LogP) is 7.13. The molecule has 1 aliphatic rings. The molecule has 192 valence electrons. The summed E-state index contributed by atoms with van der Waals surface area (Å²) in [6.07, 6.45) is -4.61. The third-order valence-electron chi connectivity index (χ3n) is 5.26. The maximum atomic E-state index is 13.6. The van der Waals surface area contributed by atoms with E-state index < -0.39 is 28.3 Å². The van der Waals surface area contributed by atoms with Crippen molar-refractivity contribution in [1.29, 1.82) is 0 Å². The van der Waals surface area contributed by atoms with E-state index in [1.165, 1.54) is 14.7 Å². The topological polar surface area (TPSA) is 93.0 Å². The van der Waals surface area contributed by atoms with E-state index in [1.54, 1.807) is 38.1 Å². The fraction of sp³-hybridized carbons (Fsp3) is 0.167. The second-order valence-corrected chi connectivity index (χ2v) is 9.43. The fourth-order valence-corrected chi connectivity index (χ4v) is 4.68. The van der Waals surface area contributed by atoms with E-state index in [-0.39, 0.29) is 45.3 Å². The van der Waals surface area contributed by atoms with Gasteiger partial charge in [0.25, 0.3) is 17.5 Å². The molecular formula is C24H17ClF3N3O5S. The van der Waals surface area contributed by atoms with E-state index in [0.29, 0.717) is 6.07 Å². The van der Waals surface area contributed by atoms with Gasteiger partial charge in [-0.2, -0.15) is 13.2 Å². The average molecular weight is 552 g/mol. The number of nitro benzene ring substituents is 1. The molecule has 0 saturated carbocycles. The van der Waals surface area contributed by atoms with Crippen molar-refractivity contribution >= 4 is 46.9 Å². The van der Waals surface area contributed by atoms with E-state index in [4.69, 9.17) is 16.3 Å². The number of fused-ring (bicyclic) bond motifs is 1. The lowest BCUT2D eigenvalue weighted by molar-refractivity contribution is -0.385. The molecule has 2 amide bonds. The summed E-state index contributed by atoms with van der Waals surface area (Å²) in [5.41, 5.74) is -1.36. The second kappa shape index (κ2) is 9.94. The van der Waals surface area contributed by atoms with Gasteiger partial charge >= 0.3 is 6.18 Å². The van der Waals surface area contributed by atoms with Crippen LogP contribution in [-0.4, -0.2) is 27.1 Å². The highest BCUT2D eigenvalue weighted by molar-refractivity contribution is 7.99. The molecule has 0 aliphatic carbocycles. The minimum atomic E-state index is -4.61. The van der Waals surface area contributed by atoms with E-state index >= 15 is 0 Å². The van der Waals surface area contributed by atoms with Crippen LogP contribution < -0.4 is 9.04 Å². The van der Waals surface area contributed by atoms with Crippen molar-refractivity contribution in [3.05, 3.63) is 92.5 Å². The summed E-state index contributed by atoms with van der Waals surface area (Å²) in [5.74, 6) is -1.33. The van der Waals surface area contributed by atoms with Crippen LogP contribution in [0.25, 0.3) is 0 Å². The number of ether oxygens (including phenoxy) is 1. The Balaban J connectivity index is 1.74. The van der Waals surface area contributed by atoms with Gasteiger partial charge < -0.3 is 4.74 Å². The normalized spacial score (nSPS) is 13.5. The Hall–Kier alpha value is -3.77. The summed E-state index contributed by atoms with van der Waals surface area (Å²) >= 11 is 6.76. The molecule has 0 atom stereocenters. The Labute approximate surface area is 218 Å². The van der Waals surface area contributed by atoms with Crippen molar-refractivity contribution in [2.45, 2.75) is 26.1 Å². The molecule has 0 spiro atoms. The molecule has 0 unspecified atom stereocenters. The number of para-hydroxylation sites is 1. The van der Waals surface area contributed by atoms with Gasteiger partial charge in [-0.15, -0.1) is 0 Å². The zero-order valence-electron chi connectivity index (χ0n) is 19.2. The second-order valence-electron chi connectivity index (χ2n) is 8.10. The van der Waals surface area contributed by atoms with Gasteiger partial charge in [-0.05, 0) is 50.2 Å². The minimum absolute atomic E-state index is 0.0669. The molecule has 1 aliphatic heterocycles. The van der Waals surface area contributed by atoms with Gasteiger partial charge in [0, 0.05) is 18.2 Å². The van der Waals surface area contributed by atoms with Gasteiger partial charge in [-0.25, -0.2) is 4.31 Å². The highest BCUT2D eigenvalue weighted by Crippen LogP contribution is 2.41. The zero-order valence-corrected chi connectivity index (χ0v) is 20.7. The third-order valence-corrected chi connectivity index (χ3v) is 6.84.